The molecule has 2 aromatic rings. The Morgan fingerprint density at radius 2 is 1.86 bits per heavy atom. The maximum absolute atomic E-state index is 5.15. The fraction of sp³-hybridized carbons (Fsp3) is 0.167. The SMILES string of the molecule is Cc1cc2c(C)cccc2[cH-]1.[C-]1=CC=CC1.[CH3-].[CH3-].[Si]=[Zr]([Cl])[Cl]. The van der Waals surface area contributed by atoms with Crippen molar-refractivity contribution in [3.8, 4) is 0 Å². The maximum atomic E-state index is 5.15. The molecular weight excluding hydrogens is 406 g/mol. The second-order valence-corrected chi connectivity index (χ2v) is 18.0. The minimum absolute atomic E-state index is 0. The van der Waals surface area contributed by atoms with Crippen LogP contribution >= 0.6 is 17.0 Å². The van der Waals surface area contributed by atoms with Crippen molar-refractivity contribution >= 4 is 34.7 Å². The number of hydrogen-bond acceptors (Lipinski definition) is 0. The van der Waals surface area contributed by atoms with Gasteiger partial charge >= 0.3 is 41.9 Å². The number of hydrogen-bond donors (Lipinski definition) is 0. The van der Waals surface area contributed by atoms with Crippen LogP contribution in [-0.4, -0.2) is 6.88 Å². The molecule has 0 saturated carbocycles. The third-order valence-corrected chi connectivity index (χ3v) is 2.70. The van der Waals surface area contributed by atoms with Crippen LogP contribution in [0.2, 0.25) is 0 Å². The molecule has 4 heteroatoms. The van der Waals surface area contributed by atoms with Gasteiger partial charge in [-0.25, -0.2) is 12.2 Å². The average molecular weight is 429 g/mol. The molecule has 0 unspecified atom stereocenters. The summed E-state index contributed by atoms with van der Waals surface area (Å²) in [5, 5.41) is 2.76. The van der Waals surface area contributed by atoms with Crippen molar-refractivity contribution in [2.24, 2.45) is 0 Å². The van der Waals surface area contributed by atoms with Crippen LogP contribution in [0.3, 0.4) is 0 Å². The number of fused-ring (bicyclic) bond motifs is 1. The molecule has 1 aliphatic rings. The van der Waals surface area contributed by atoms with Crippen LogP contribution in [0.1, 0.15) is 17.5 Å². The van der Waals surface area contributed by atoms with E-state index in [1.54, 1.807) is 0 Å². The van der Waals surface area contributed by atoms with Crippen LogP contribution in [0.25, 0.3) is 10.8 Å². The monoisotopic (exact) mass is 426 g/mol. The van der Waals surface area contributed by atoms with E-state index in [2.05, 4.69) is 63.2 Å². The summed E-state index contributed by atoms with van der Waals surface area (Å²) in [5.41, 5.74) is 2.73. The first-order chi connectivity index (χ1) is 9.50. The van der Waals surface area contributed by atoms with Crippen LogP contribution in [0.4, 0.5) is 0 Å². The van der Waals surface area contributed by atoms with Gasteiger partial charge in [0.2, 0.25) is 0 Å². The van der Waals surface area contributed by atoms with E-state index in [0.29, 0.717) is 0 Å². The van der Waals surface area contributed by atoms with Crippen molar-refractivity contribution in [2.75, 3.05) is 0 Å². The third kappa shape index (κ3) is 9.90. The van der Waals surface area contributed by atoms with Crippen LogP contribution in [0, 0.1) is 34.8 Å². The molecule has 1 aliphatic carbocycles. The van der Waals surface area contributed by atoms with Crippen LogP contribution < -0.4 is 0 Å². The zero-order valence-electron chi connectivity index (χ0n) is 13.6. The van der Waals surface area contributed by atoms with Gasteiger partial charge in [-0.15, -0.1) is 41.0 Å². The standard InChI is InChI=1S/C11H11.C5H5.2CH3.2ClH.Si.Zr/c1-8-6-10-5-3-4-9(2)11(10)7-8;1-2-4-5-3-1;;;;;;/h3-7H,1-2H3;1-3H,4H2;2*1H3;2*1H;;/q4*-1;;;;+2/p-2. The first-order valence-electron chi connectivity index (χ1n) is 6.24. The van der Waals surface area contributed by atoms with E-state index in [-0.39, 0.29) is 14.9 Å². The predicted molar refractivity (Wildman–Crippen MR) is 101 cm³/mol. The summed E-state index contributed by atoms with van der Waals surface area (Å²) in [6, 6.07) is 10.9. The molecule has 0 fully saturated rings. The van der Waals surface area contributed by atoms with Crippen molar-refractivity contribution in [2.45, 2.75) is 20.3 Å². The molecule has 0 heterocycles. The van der Waals surface area contributed by atoms with E-state index in [1.165, 1.54) is 21.9 Å². The first-order valence-corrected chi connectivity index (χ1v) is 16.8. The Morgan fingerprint density at radius 1 is 1.23 bits per heavy atom. The summed E-state index contributed by atoms with van der Waals surface area (Å²) in [6.45, 7) is 7.33. The molecule has 3 rings (SSSR count). The van der Waals surface area contributed by atoms with Crippen LogP contribution in [0.5, 0.6) is 0 Å². The topological polar surface area (TPSA) is 0 Å². The number of benzene rings is 1. The molecule has 0 N–H and O–H groups in total. The zero-order valence-corrected chi connectivity index (χ0v) is 18.6. The molecule has 0 spiro atoms. The summed E-state index contributed by atoms with van der Waals surface area (Å²) in [5.74, 6) is 0. The average Bonchev–Trinajstić information content (AvgIpc) is 2.99. The molecule has 0 bridgehead atoms. The van der Waals surface area contributed by atoms with Crippen LogP contribution in [-0.2, 0) is 18.0 Å². The van der Waals surface area contributed by atoms with Gasteiger partial charge in [-0.2, -0.15) is 12.1 Å². The molecule has 0 amide bonds. The molecule has 22 heavy (non-hydrogen) atoms. The molecule has 0 atom stereocenters. The van der Waals surface area contributed by atoms with Gasteiger partial charge in [0.15, 0.2) is 0 Å². The fourth-order valence-electron chi connectivity index (χ4n) is 1.88. The van der Waals surface area contributed by atoms with E-state index >= 15 is 0 Å². The van der Waals surface area contributed by atoms with E-state index in [9.17, 15) is 0 Å². The Kier molecular flexibility index (Phi) is 14.8. The van der Waals surface area contributed by atoms with Gasteiger partial charge in [-0.1, -0.05) is 18.6 Å². The summed E-state index contributed by atoms with van der Waals surface area (Å²) >= 11 is -1.79. The zero-order chi connectivity index (χ0) is 15.0. The normalized spacial score (nSPS) is 10.5. The Morgan fingerprint density at radius 3 is 2.27 bits per heavy atom. The molecule has 0 aromatic heterocycles. The van der Waals surface area contributed by atoms with Gasteiger partial charge in [-0.3, -0.25) is 6.08 Å². The number of rotatable bonds is 0. The Balaban J connectivity index is 0. The van der Waals surface area contributed by atoms with Gasteiger partial charge in [-0.05, 0) is 6.92 Å². The van der Waals surface area contributed by atoms with Crippen LogP contribution in [0.15, 0.2) is 48.6 Å². The summed E-state index contributed by atoms with van der Waals surface area (Å²) in [4.78, 5) is 0. The van der Waals surface area contributed by atoms with E-state index < -0.39 is 18.0 Å². The second-order valence-electron chi connectivity index (χ2n) is 4.37. The van der Waals surface area contributed by atoms with Crippen molar-refractivity contribution in [3.05, 3.63) is 80.6 Å². The van der Waals surface area contributed by atoms with E-state index in [1.807, 2.05) is 12.2 Å². The second kappa shape index (κ2) is 13.4. The molecule has 120 valence electrons. The minimum atomic E-state index is -1.79. The Labute approximate surface area is 152 Å². The summed E-state index contributed by atoms with van der Waals surface area (Å²) < 4.78 is 0. The predicted octanol–water partition coefficient (Wildman–Crippen LogP) is 6.38. The quantitative estimate of drug-likeness (QED) is 0.337. The van der Waals surface area contributed by atoms with Gasteiger partial charge < -0.3 is 14.9 Å². The van der Waals surface area contributed by atoms with Crippen molar-refractivity contribution < 1.29 is 18.0 Å². The molecule has 2 radical (unpaired) electrons. The van der Waals surface area contributed by atoms with Crippen molar-refractivity contribution in [1.82, 2.24) is 0 Å². The van der Waals surface area contributed by atoms with Crippen molar-refractivity contribution in [3.63, 3.8) is 0 Å². The number of halogens is 2. The van der Waals surface area contributed by atoms with Gasteiger partial charge in [0.25, 0.3) is 0 Å². The van der Waals surface area contributed by atoms with Gasteiger partial charge in [0.05, 0.1) is 0 Å². The van der Waals surface area contributed by atoms with E-state index in [0.717, 1.165) is 6.42 Å². The molecular formula is C18H22Cl2SiZr-4. The van der Waals surface area contributed by atoms with Crippen molar-refractivity contribution in [1.29, 1.82) is 0 Å². The third-order valence-electron chi connectivity index (χ3n) is 2.70. The molecule has 0 aliphatic heterocycles. The van der Waals surface area contributed by atoms with Gasteiger partial charge in [0.1, 0.15) is 0 Å². The Hall–Kier alpha value is -0.01000. The summed E-state index contributed by atoms with van der Waals surface area (Å²) in [7, 11) is 10.3. The van der Waals surface area contributed by atoms with Gasteiger partial charge in [0, 0.05) is 0 Å². The molecule has 0 saturated heterocycles. The summed E-state index contributed by atoms with van der Waals surface area (Å²) in [6.07, 6.45) is 10.0. The first kappa shape index (κ1) is 24.2. The molecule has 2 aromatic carbocycles. The number of allylic oxidation sites excluding steroid dienone is 4. The molecule has 0 nitrogen and oxygen atoms in total. The number of aryl methyl sites for hydroxylation is 2. The fourth-order valence-corrected chi connectivity index (χ4v) is 1.88. The Bertz CT molecular complexity index is 613. The van der Waals surface area contributed by atoms with E-state index in [4.69, 9.17) is 17.0 Å².